The summed E-state index contributed by atoms with van der Waals surface area (Å²) in [7, 11) is 4.59. The summed E-state index contributed by atoms with van der Waals surface area (Å²) in [6, 6.07) is 8.53. The number of phenolic OH excluding ortho intramolecular Hbond substituents is 1. The van der Waals surface area contributed by atoms with Crippen molar-refractivity contribution in [2.45, 2.75) is 25.8 Å². The zero-order valence-electron chi connectivity index (χ0n) is 18.4. The van der Waals surface area contributed by atoms with Crippen molar-refractivity contribution in [3.05, 3.63) is 66.9 Å². The van der Waals surface area contributed by atoms with Crippen LogP contribution in [0.5, 0.6) is 5.75 Å². The lowest BCUT2D eigenvalue weighted by atomic mass is 10.1. The van der Waals surface area contributed by atoms with E-state index in [9.17, 15) is 19.5 Å². The van der Waals surface area contributed by atoms with Crippen molar-refractivity contribution >= 4 is 34.3 Å². The number of hydrogen-bond acceptors (Lipinski definition) is 7. The maximum Gasteiger partial charge on any atom is 0.290 e. The summed E-state index contributed by atoms with van der Waals surface area (Å²) in [6.45, 7) is 2.00. The SMILES string of the molecule is CC[C@@H](Cc1cccs1)Nc1c(Nc2cccc(C(=O)N(C)C)c2O)c(=O)n(C)[nH]c1=O. The van der Waals surface area contributed by atoms with Crippen molar-refractivity contribution in [3.8, 4) is 5.75 Å². The summed E-state index contributed by atoms with van der Waals surface area (Å²) >= 11 is 1.63. The molecular weight excluding hydrogens is 430 g/mol. The lowest BCUT2D eigenvalue weighted by molar-refractivity contribution is 0.0824. The number of phenols is 1. The van der Waals surface area contributed by atoms with Gasteiger partial charge >= 0.3 is 0 Å². The van der Waals surface area contributed by atoms with E-state index in [4.69, 9.17) is 0 Å². The van der Waals surface area contributed by atoms with Crippen molar-refractivity contribution in [1.82, 2.24) is 14.7 Å². The van der Waals surface area contributed by atoms with E-state index in [-0.39, 0.29) is 40.3 Å². The number of anilines is 3. The van der Waals surface area contributed by atoms with Crippen LogP contribution in [0.4, 0.5) is 17.1 Å². The Bertz CT molecular complexity index is 1210. The van der Waals surface area contributed by atoms with Crippen LogP contribution in [0.1, 0.15) is 28.6 Å². The number of carbonyl (C=O) groups excluding carboxylic acids is 1. The molecule has 0 spiro atoms. The Morgan fingerprint density at radius 1 is 1.22 bits per heavy atom. The number of H-pyrrole nitrogens is 1. The highest BCUT2D eigenvalue weighted by Crippen LogP contribution is 2.31. The number of benzene rings is 1. The van der Waals surface area contributed by atoms with Crippen LogP contribution in [-0.2, 0) is 13.5 Å². The van der Waals surface area contributed by atoms with Gasteiger partial charge in [-0.05, 0) is 30.0 Å². The molecule has 0 bridgehead atoms. The first-order chi connectivity index (χ1) is 15.2. The molecule has 1 aromatic carbocycles. The fourth-order valence-corrected chi connectivity index (χ4v) is 4.05. The number of aromatic nitrogens is 2. The monoisotopic (exact) mass is 457 g/mol. The Kier molecular flexibility index (Phi) is 7.04. The van der Waals surface area contributed by atoms with Gasteiger partial charge in [-0.25, -0.2) is 0 Å². The van der Waals surface area contributed by atoms with Gasteiger partial charge in [0.25, 0.3) is 17.0 Å². The third kappa shape index (κ3) is 4.86. The molecule has 9 nitrogen and oxygen atoms in total. The van der Waals surface area contributed by atoms with Crippen LogP contribution in [0, 0.1) is 0 Å². The number of aromatic amines is 1. The van der Waals surface area contributed by atoms with Gasteiger partial charge in [0.05, 0.1) is 11.3 Å². The number of para-hydroxylation sites is 1. The zero-order valence-corrected chi connectivity index (χ0v) is 19.2. The number of carbonyl (C=O) groups is 1. The summed E-state index contributed by atoms with van der Waals surface area (Å²) in [4.78, 5) is 40.5. The van der Waals surface area contributed by atoms with Gasteiger partial charge in [-0.1, -0.05) is 19.1 Å². The molecule has 0 aliphatic rings. The second-order valence-electron chi connectivity index (χ2n) is 7.61. The third-order valence-corrected chi connectivity index (χ3v) is 5.96. The van der Waals surface area contributed by atoms with Crippen LogP contribution < -0.4 is 21.8 Å². The van der Waals surface area contributed by atoms with Crippen molar-refractivity contribution in [1.29, 1.82) is 0 Å². The summed E-state index contributed by atoms with van der Waals surface area (Å²) in [6.07, 6.45) is 1.42. The summed E-state index contributed by atoms with van der Waals surface area (Å²) in [5.41, 5.74) is -0.651. The van der Waals surface area contributed by atoms with E-state index < -0.39 is 11.1 Å². The lowest BCUT2D eigenvalue weighted by Gasteiger charge is -2.21. The fourth-order valence-electron chi connectivity index (χ4n) is 3.27. The van der Waals surface area contributed by atoms with Gasteiger partial charge in [-0.2, -0.15) is 0 Å². The zero-order chi connectivity index (χ0) is 23.4. The molecule has 3 aromatic rings. The Labute approximate surface area is 189 Å². The number of nitrogens with zero attached hydrogens (tertiary/aromatic N) is 2. The molecule has 10 heteroatoms. The van der Waals surface area contributed by atoms with E-state index in [1.165, 1.54) is 24.1 Å². The largest absolute Gasteiger partial charge is 0.505 e. The molecule has 0 aliphatic carbocycles. The number of thiophene rings is 1. The molecule has 4 N–H and O–H groups in total. The number of nitrogens with one attached hydrogen (secondary N) is 3. The predicted molar refractivity (Wildman–Crippen MR) is 127 cm³/mol. The average Bonchev–Trinajstić information content (AvgIpc) is 3.27. The average molecular weight is 458 g/mol. The molecule has 0 saturated carbocycles. The van der Waals surface area contributed by atoms with Crippen LogP contribution in [-0.4, -0.2) is 45.8 Å². The molecule has 0 radical (unpaired) electrons. The molecule has 2 aromatic heterocycles. The van der Waals surface area contributed by atoms with Gasteiger partial charge in [-0.3, -0.25) is 24.2 Å². The van der Waals surface area contributed by atoms with Crippen molar-refractivity contribution in [3.63, 3.8) is 0 Å². The van der Waals surface area contributed by atoms with Crippen molar-refractivity contribution in [2.75, 3.05) is 24.7 Å². The first-order valence-electron chi connectivity index (χ1n) is 10.2. The third-order valence-electron chi connectivity index (χ3n) is 5.07. The van der Waals surface area contributed by atoms with Crippen LogP contribution in [0.25, 0.3) is 0 Å². The Morgan fingerprint density at radius 3 is 2.59 bits per heavy atom. The standard InChI is InChI=1S/C22H27N5O4S/c1-5-13(12-14-8-7-11-32-14)23-17-18(22(31)27(4)25-20(17)29)24-16-10-6-9-15(19(16)28)21(30)26(2)3/h6-11,13,23-24,28H,5,12H2,1-4H3,(H,25,29)/t13-/m0/s1. The number of amides is 1. The van der Waals surface area contributed by atoms with Gasteiger partial charge in [0.1, 0.15) is 11.4 Å². The highest BCUT2D eigenvalue weighted by Gasteiger charge is 2.21. The molecule has 1 atom stereocenters. The Morgan fingerprint density at radius 2 is 1.97 bits per heavy atom. The molecule has 2 heterocycles. The first-order valence-corrected chi connectivity index (χ1v) is 11.0. The minimum Gasteiger partial charge on any atom is -0.505 e. The summed E-state index contributed by atoms with van der Waals surface area (Å²) in [5, 5.41) is 21.2. The molecule has 0 unspecified atom stereocenters. The van der Waals surface area contributed by atoms with E-state index in [1.807, 2.05) is 24.4 Å². The molecule has 0 saturated heterocycles. The second-order valence-corrected chi connectivity index (χ2v) is 8.65. The Balaban J connectivity index is 2.02. The second kappa shape index (κ2) is 9.73. The van der Waals surface area contributed by atoms with Crippen LogP contribution in [0.2, 0.25) is 0 Å². The van der Waals surface area contributed by atoms with Gasteiger partial charge < -0.3 is 20.6 Å². The topological polar surface area (TPSA) is 119 Å². The first kappa shape index (κ1) is 23.1. The smallest absolute Gasteiger partial charge is 0.290 e. The summed E-state index contributed by atoms with van der Waals surface area (Å²) in [5.74, 6) is -0.685. The minimum absolute atomic E-state index is 0.00867. The minimum atomic E-state index is -0.484. The van der Waals surface area contributed by atoms with E-state index in [2.05, 4.69) is 15.7 Å². The van der Waals surface area contributed by atoms with E-state index in [0.29, 0.717) is 6.42 Å². The quantitative estimate of drug-likeness (QED) is 0.386. The van der Waals surface area contributed by atoms with Gasteiger partial charge in [0, 0.05) is 38.5 Å². The molecule has 32 heavy (non-hydrogen) atoms. The van der Waals surface area contributed by atoms with Gasteiger partial charge in [0.2, 0.25) is 0 Å². The maximum atomic E-state index is 12.9. The molecule has 0 aliphatic heterocycles. The Hall–Kier alpha value is -3.53. The predicted octanol–water partition coefficient (Wildman–Crippen LogP) is 2.72. The molecule has 3 rings (SSSR count). The highest BCUT2D eigenvalue weighted by molar-refractivity contribution is 7.09. The van der Waals surface area contributed by atoms with Gasteiger partial charge in [-0.15, -0.1) is 11.3 Å². The number of hydrogen-bond donors (Lipinski definition) is 4. The molecule has 0 fully saturated rings. The number of aryl methyl sites for hydroxylation is 1. The number of aromatic hydroxyl groups is 1. The maximum absolute atomic E-state index is 12.9. The van der Waals surface area contributed by atoms with Crippen LogP contribution in [0.15, 0.2) is 45.3 Å². The summed E-state index contributed by atoms with van der Waals surface area (Å²) < 4.78 is 1.07. The van der Waals surface area contributed by atoms with E-state index in [0.717, 1.165) is 16.0 Å². The van der Waals surface area contributed by atoms with Crippen LogP contribution >= 0.6 is 11.3 Å². The van der Waals surface area contributed by atoms with Crippen molar-refractivity contribution < 1.29 is 9.90 Å². The normalized spacial score (nSPS) is 11.8. The van der Waals surface area contributed by atoms with Crippen LogP contribution in [0.3, 0.4) is 0 Å². The van der Waals surface area contributed by atoms with Gasteiger partial charge in [0.15, 0.2) is 5.75 Å². The number of rotatable bonds is 8. The molecule has 170 valence electrons. The molecule has 1 amide bonds. The fraction of sp³-hybridized carbons (Fsp3) is 0.318. The van der Waals surface area contributed by atoms with Crippen molar-refractivity contribution in [2.24, 2.45) is 7.05 Å². The van der Waals surface area contributed by atoms with E-state index >= 15 is 0 Å². The molecular formula is C22H27N5O4S. The lowest BCUT2D eigenvalue weighted by Crippen LogP contribution is -2.34. The highest BCUT2D eigenvalue weighted by atomic mass is 32.1. The van der Waals surface area contributed by atoms with E-state index in [1.54, 1.807) is 31.5 Å².